The second kappa shape index (κ2) is 8.34. The molecule has 0 amide bonds. The first kappa shape index (κ1) is 23.6. The van der Waals surface area contributed by atoms with Crippen LogP contribution in [0.1, 0.15) is 100 Å². The summed E-state index contributed by atoms with van der Waals surface area (Å²) >= 11 is 0. The maximum atomic E-state index is 10.5. The van der Waals surface area contributed by atoms with Crippen LogP contribution in [0.2, 0.25) is 0 Å². The van der Waals surface area contributed by atoms with Gasteiger partial charge in [-0.15, -0.1) is 0 Å². The number of allylic oxidation sites excluding steroid dienone is 4. The SMILES string of the molecule is C/C(=C\[C@@H](C)[C@H]1CCC2C3=CC[C@H]4[C@H](C)[C@@H](O)CC[C@]4(C)C3CC[C@@]21C)[C@H](C)C(C)C. The standard InChI is InChI=1S/C30H50O/c1-18(2)21(5)19(3)17-20(4)24-11-12-26-23-9-10-25-22(6)28(31)14-16-30(25,8)27(23)13-15-29(24,26)7/h9,17-18,20-22,24-28,31H,10-16H2,1-8H3/b19-17+/t20-,21-,22+,24-,25+,26?,27?,28+,29-,30+/m1/s1. The first-order chi connectivity index (χ1) is 14.5. The number of aliphatic hydroxyl groups excluding tert-OH is 1. The van der Waals surface area contributed by atoms with Gasteiger partial charge in [0.25, 0.3) is 0 Å². The van der Waals surface area contributed by atoms with Crippen molar-refractivity contribution in [3.05, 3.63) is 23.3 Å². The molecule has 4 aliphatic rings. The molecule has 10 atom stereocenters. The van der Waals surface area contributed by atoms with Crippen LogP contribution in [0.25, 0.3) is 0 Å². The van der Waals surface area contributed by atoms with Crippen LogP contribution in [0.5, 0.6) is 0 Å². The van der Waals surface area contributed by atoms with Crippen LogP contribution in [-0.4, -0.2) is 11.2 Å². The zero-order chi connectivity index (χ0) is 22.7. The summed E-state index contributed by atoms with van der Waals surface area (Å²) in [6.45, 7) is 19.6. The molecule has 0 bridgehead atoms. The minimum absolute atomic E-state index is 0.0816. The highest BCUT2D eigenvalue weighted by atomic mass is 16.3. The van der Waals surface area contributed by atoms with E-state index in [9.17, 15) is 5.11 Å². The van der Waals surface area contributed by atoms with E-state index in [0.717, 1.165) is 30.1 Å². The Morgan fingerprint density at radius 3 is 2.32 bits per heavy atom. The summed E-state index contributed by atoms with van der Waals surface area (Å²) < 4.78 is 0. The van der Waals surface area contributed by atoms with Gasteiger partial charge in [0, 0.05) is 0 Å². The Labute approximate surface area is 193 Å². The zero-order valence-corrected chi connectivity index (χ0v) is 21.7. The lowest BCUT2D eigenvalue weighted by molar-refractivity contribution is -0.0767. The number of hydrogen-bond donors (Lipinski definition) is 1. The monoisotopic (exact) mass is 426 g/mol. The third-order valence-corrected chi connectivity index (χ3v) is 11.5. The van der Waals surface area contributed by atoms with Gasteiger partial charge in [0.15, 0.2) is 0 Å². The molecule has 31 heavy (non-hydrogen) atoms. The molecule has 2 unspecified atom stereocenters. The molecule has 4 rings (SSSR count). The molecule has 0 aromatic heterocycles. The minimum atomic E-state index is -0.0816. The molecule has 3 saturated carbocycles. The first-order valence-electron chi connectivity index (χ1n) is 13.6. The van der Waals surface area contributed by atoms with Crippen LogP contribution < -0.4 is 0 Å². The third kappa shape index (κ3) is 3.70. The lowest BCUT2D eigenvalue weighted by Crippen LogP contribution is -2.52. The third-order valence-electron chi connectivity index (χ3n) is 11.5. The summed E-state index contributed by atoms with van der Waals surface area (Å²) in [7, 11) is 0. The van der Waals surface area contributed by atoms with Crippen LogP contribution >= 0.6 is 0 Å². The largest absolute Gasteiger partial charge is 0.393 e. The molecule has 176 valence electrons. The Kier molecular flexibility index (Phi) is 6.35. The maximum Gasteiger partial charge on any atom is 0.0568 e. The Balaban J connectivity index is 1.58. The summed E-state index contributed by atoms with van der Waals surface area (Å²) in [6.07, 6.45) is 14.3. The average molecular weight is 427 g/mol. The van der Waals surface area contributed by atoms with Gasteiger partial charge in [0.2, 0.25) is 0 Å². The molecular weight excluding hydrogens is 376 g/mol. The van der Waals surface area contributed by atoms with Gasteiger partial charge in [-0.3, -0.25) is 0 Å². The molecule has 0 aromatic carbocycles. The quantitative estimate of drug-likeness (QED) is 0.451. The molecule has 4 aliphatic carbocycles. The summed E-state index contributed by atoms with van der Waals surface area (Å²) in [5.74, 6) is 5.62. The van der Waals surface area contributed by atoms with E-state index >= 15 is 0 Å². The fourth-order valence-corrected chi connectivity index (χ4v) is 9.06. The van der Waals surface area contributed by atoms with E-state index < -0.39 is 0 Å². The number of hydrogen-bond acceptors (Lipinski definition) is 1. The maximum absolute atomic E-state index is 10.5. The van der Waals surface area contributed by atoms with Crippen LogP contribution in [0.4, 0.5) is 0 Å². The average Bonchev–Trinajstić information content (AvgIpc) is 3.07. The van der Waals surface area contributed by atoms with E-state index in [-0.39, 0.29) is 6.10 Å². The summed E-state index contributed by atoms with van der Waals surface area (Å²) in [5.41, 5.74) is 4.34. The molecule has 1 N–H and O–H groups in total. The lowest BCUT2D eigenvalue weighted by Gasteiger charge is -2.59. The van der Waals surface area contributed by atoms with Crippen molar-refractivity contribution in [3.8, 4) is 0 Å². The second-order valence-electron chi connectivity index (χ2n) is 13.2. The highest BCUT2D eigenvalue weighted by Gasteiger charge is 2.59. The topological polar surface area (TPSA) is 20.2 Å². The highest BCUT2D eigenvalue weighted by molar-refractivity contribution is 5.28. The summed E-state index contributed by atoms with van der Waals surface area (Å²) in [6, 6.07) is 0. The number of fused-ring (bicyclic) bond motifs is 5. The molecule has 0 aromatic rings. The van der Waals surface area contributed by atoms with E-state index in [1.165, 1.54) is 38.5 Å². The van der Waals surface area contributed by atoms with Crippen molar-refractivity contribution < 1.29 is 5.11 Å². The minimum Gasteiger partial charge on any atom is -0.393 e. The highest BCUT2D eigenvalue weighted by Crippen LogP contribution is 2.67. The van der Waals surface area contributed by atoms with Crippen LogP contribution in [0, 0.1) is 58.2 Å². The fourth-order valence-electron chi connectivity index (χ4n) is 9.06. The van der Waals surface area contributed by atoms with Crippen molar-refractivity contribution >= 4 is 0 Å². The molecule has 0 saturated heterocycles. The Morgan fingerprint density at radius 1 is 1.00 bits per heavy atom. The fraction of sp³-hybridized carbons (Fsp3) is 0.867. The van der Waals surface area contributed by atoms with Gasteiger partial charge >= 0.3 is 0 Å². The van der Waals surface area contributed by atoms with Gasteiger partial charge in [-0.1, -0.05) is 71.8 Å². The predicted molar refractivity (Wildman–Crippen MR) is 133 cm³/mol. The Bertz CT molecular complexity index is 731. The van der Waals surface area contributed by atoms with Crippen molar-refractivity contribution in [1.82, 2.24) is 0 Å². The van der Waals surface area contributed by atoms with Gasteiger partial charge in [-0.2, -0.15) is 0 Å². The zero-order valence-electron chi connectivity index (χ0n) is 21.7. The molecule has 1 nitrogen and oxygen atoms in total. The summed E-state index contributed by atoms with van der Waals surface area (Å²) in [5, 5.41) is 10.5. The van der Waals surface area contributed by atoms with Crippen molar-refractivity contribution in [1.29, 1.82) is 0 Å². The molecule has 0 radical (unpaired) electrons. The van der Waals surface area contributed by atoms with Crippen molar-refractivity contribution in [3.63, 3.8) is 0 Å². The molecule has 1 heteroatoms. The predicted octanol–water partition coefficient (Wildman–Crippen LogP) is 8.05. The van der Waals surface area contributed by atoms with E-state index in [1.54, 1.807) is 5.57 Å². The van der Waals surface area contributed by atoms with E-state index in [1.807, 2.05) is 5.57 Å². The van der Waals surface area contributed by atoms with Crippen LogP contribution in [0.3, 0.4) is 0 Å². The normalized spacial score (nSPS) is 47.3. The lowest BCUT2D eigenvalue weighted by atomic mass is 9.46. The van der Waals surface area contributed by atoms with Crippen LogP contribution in [-0.2, 0) is 0 Å². The van der Waals surface area contributed by atoms with Gasteiger partial charge in [0.05, 0.1) is 6.10 Å². The summed E-state index contributed by atoms with van der Waals surface area (Å²) in [4.78, 5) is 0. The van der Waals surface area contributed by atoms with Crippen molar-refractivity contribution in [2.75, 3.05) is 0 Å². The smallest absolute Gasteiger partial charge is 0.0568 e. The number of rotatable bonds is 4. The molecule has 0 spiro atoms. The van der Waals surface area contributed by atoms with E-state index in [0.29, 0.717) is 34.5 Å². The van der Waals surface area contributed by atoms with Crippen molar-refractivity contribution in [2.24, 2.45) is 58.2 Å². The molecule has 0 heterocycles. The number of aliphatic hydroxyl groups is 1. The van der Waals surface area contributed by atoms with Gasteiger partial charge in [-0.25, -0.2) is 0 Å². The van der Waals surface area contributed by atoms with Crippen molar-refractivity contribution in [2.45, 2.75) is 106 Å². The van der Waals surface area contributed by atoms with Gasteiger partial charge < -0.3 is 5.11 Å². The first-order valence-corrected chi connectivity index (χ1v) is 13.6. The van der Waals surface area contributed by atoms with Gasteiger partial charge in [-0.05, 0) is 110 Å². The van der Waals surface area contributed by atoms with Gasteiger partial charge in [0.1, 0.15) is 0 Å². The van der Waals surface area contributed by atoms with Crippen LogP contribution in [0.15, 0.2) is 23.3 Å². The molecule has 0 aliphatic heterocycles. The Hall–Kier alpha value is -0.560. The second-order valence-corrected chi connectivity index (χ2v) is 13.2. The molecule has 3 fully saturated rings. The Morgan fingerprint density at radius 2 is 1.65 bits per heavy atom. The molecular formula is C30H50O. The van der Waals surface area contributed by atoms with E-state index in [4.69, 9.17) is 0 Å². The van der Waals surface area contributed by atoms with E-state index in [2.05, 4.69) is 67.5 Å².